The normalized spacial score (nSPS) is 24.6. The highest BCUT2D eigenvalue weighted by Gasteiger charge is 2.43. The summed E-state index contributed by atoms with van der Waals surface area (Å²) >= 11 is 0. The summed E-state index contributed by atoms with van der Waals surface area (Å²) in [6.07, 6.45) is 1.08. The standard InChI is InChI=1S/C14H30O2Si2/c1-7-12(2)8-16-14(15)13-9-17(3,4)11-18(5,6)10-13/h12-13H,7-11H2,1-6H3. The lowest BCUT2D eigenvalue weighted by molar-refractivity contribution is -0.148. The van der Waals surface area contributed by atoms with E-state index in [2.05, 4.69) is 40.0 Å². The van der Waals surface area contributed by atoms with Crippen LogP contribution in [-0.2, 0) is 9.53 Å². The summed E-state index contributed by atoms with van der Waals surface area (Å²) in [4.78, 5) is 12.2. The average molecular weight is 287 g/mol. The van der Waals surface area contributed by atoms with E-state index in [1.807, 2.05) is 0 Å². The number of hydrogen-bond acceptors (Lipinski definition) is 2. The van der Waals surface area contributed by atoms with E-state index in [1.165, 1.54) is 5.67 Å². The van der Waals surface area contributed by atoms with Crippen LogP contribution in [0.4, 0.5) is 0 Å². The van der Waals surface area contributed by atoms with Gasteiger partial charge in [-0.25, -0.2) is 0 Å². The van der Waals surface area contributed by atoms with Crippen molar-refractivity contribution in [1.29, 1.82) is 0 Å². The van der Waals surface area contributed by atoms with E-state index in [-0.39, 0.29) is 11.9 Å². The van der Waals surface area contributed by atoms with Crippen molar-refractivity contribution in [3.8, 4) is 0 Å². The Labute approximate surface area is 115 Å². The van der Waals surface area contributed by atoms with Gasteiger partial charge in [0.05, 0.1) is 12.5 Å². The Hall–Kier alpha value is -0.0962. The molecule has 2 nitrogen and oxygen atoms in total. The SMILES string of the molecule is CCC(C)COC(=O)C1C[Si](C)(C)C[Si](C)(C)C1. The highest BCUT2D eigenvalue weighted by molar-refractivity contribution is 6.96. The van der Waals surface area contributed by atoms with Crippen molar-refractivity contribution >= 4 is 22.1 Å². The van der Waals surface area contributed by atoms with E-state index in [4.69, 9.17) is 4.74 Å². The molecule has 1 rings (SSSR count). The summed E-state index contributed by atoms with van der Waals surface area (Å²) in [5.41, 5.74) is 1.47. The number of hydrogen-bond donors (Lipinski definition) is 0. The first-order valence-electron chi connectivity index (χ1n) is 7.32. The van der Waals surface area contributed by atoms with Crippen LogP contribution < -0.4 is 0 Å². The van der Waals surface area contributed by atoms with Crippen molar-refractivity contribution in [3.05, 3.63) is 0 Å². The zero-order valence-electron chi connectivity index (χ0n) is 13.0. The number of ether oxygens (including phenoxy) is 1. The van der Waals surface area contributed by atoms with Crippen LogP contribution in [0.25, 0.3) is 0 Å². The first kappa shape index (κ1) is 16.0. The van der Waals surface area contributed by atoms with Crippen molar-refractivity contribution in [3.63, 3.8) is 0 Å². The van der Waals surface area contributed by atoms with E-state index in [9.17, 15) is 4.79 Å². The van der Waals surface area contributed by atoms with Crippen molar-refractivity contribution in [2.24, 2.45) is 11.8 Å². The van der Waals surface area contributed by atoms with Crippen LogP contribution in [0.2, 0.25) is 43.9 Å². The lowest BCUT2D eigenvalue weighted by Crippen LogP contribution is -2.49. The van der Waals surface area contributed by atoms with Crippen LogP contribution in [0.5, 0.6) is 0 Å². The summed E-state index contributed by atoms with van der Waals surface area (Å²) in [6, 6.07) is 2.28. The van der Waals surface area contributed by atoms with Gasteiger partial charge in [-0.05, 0) is 18.0 Å². The van der Waals surface area contributed by atoms with E-state index >= 15 is 0 Å². The lowest BCUT2D eigenvalue weighted by Gasteiger charge is -2.41. The second-order valence-electron chi connectivity index (χ2n) is 7.75. The second-order valence-corrected chi connectivity index (χ2v) is 18.6. The van der Waals surface area contributed by atoms with Gasteiger partial charge in [-0.1, -0.05) is 52.1 Å². The van der Waals surface area contributed by atoms with Gasteiger partial charge in [0.25, 0.3) is 0 Å². The maximum absolute atomic E-state index is 12.2. The van der Waals surface area contributed by atoms with Gasteiger partial charge >= 0.3 is 5.97 Å². The smallest absolute Gasteiger partial charge is 0.308 e. The summed E-state index contributed by atoms with van der Waals surface area (Å²) in [5.74, 6) is 0.801. The third-order valence-electron chi connectivity index (χ3n) is 4.10. The van der Waals surface area contributed by atoms with E-state index < -0.39 is 16.1 Å². The summed E-state index contributed by atoms with van der Waals surface area (Å²) in [7, 11) is -2.31. The molecule has 0 bridgehead atoms. The third kappa shape index (κ3) is 4.88. The summed E-state index contributed by atoms with van der Waals surface area (Å²) in [6.45, 7) is 14.7. The molecule has 18 heavy (non-hydrogen) atoms. The maximum Gasteiger partial charge on any atom is 0.308 e. The predicted octanol–water partition coefficient (Wildman–Crippen LogP) is 4.16. The molecule has 0 radical (unpaired) electrons. The Bertz CT molecular complexity index is 284. The fraction of sp³-hybridized carbons (Fsp3) is 0.929. The molecule has 0 aliphatic carbocycles. The molecule has 0 aromatic heterocycles. The van der Waals surface area contributed by atoms with Gasteiger partial charge in [0, 0.05) is 16.1 Å². The van der Waals surface area contributed by atoms with Gasteiger partial charge in [-0.3, -0.25) is 4.79 Å². The lowest BCUT2D eigenvalue weighted by atomic mass is 10.1. The molecule has 1 heterocycles. The molecule has 4 heteroatoms. The monoisotopic (exact) mass is 286 g/mol. The first-order chi connectivity index (χ1) is 8.15. The first-order valence-corrected chi connectivity index (χ1v) is 14.1. The van der Waals surface area contributed by atoms with Crippen LogP contribution >= 0.6 is 0 Å². The molecule has 0 saturated carbocycles. The average Bonchev–Trinajstić information content (AvgIpc) is 2.20. The fourth-order valence-corrected chi connectivity index (χ4v) is 18.6. The largest absolute Gasteiger partial charge is 0.465 e. The van der Waals surface area contributed by atoms with Crippen molar-refractivity contribution in [2.45, 2.75) is 64.2 Å². The Morgan fingerprint density at radius 2 is 1.72 bits per heavy atom. The van der Waals surface area contributed by atoms with Crippen LogP contribution in [0.3, 0.4) is 0 Å². The highest BCUT2D eigenvalue weighted by atomic mass is 28.4. The van der Waals surface area contributed by atoms with Gasteiger partial charge in [0.15, 0.2) is 0 Å². The molecule has 1 unspecified atom stereocenters. The minimum atomic E-state index is -1.16. The zero-order chi connectivity index (χ0) is 14.0. The van der Waals surface area contributed by atoms with Gasteiger partial charge in [0.2, 0.25) is 0 Å². The van der Waals surface area contributed by atoms with Crippen molar-refractivity contribution in [1.82, 2.24) is 0 Å². The highest BCUT2D eigenvalue weighted by Crippen LogP contribution is 2.39. The van der Waals surface area contributed by atoms with Gasteiger partial charge in [-0.15, -0.1) is 0 Å². The minimum Gasteiger partial charge on any atom is -0.465 e. The molecule has 0 spiro atoms. The zero-order valence-corrected chi connectivity index (χ0v) is 15.0. The molecule has 1 atom stereocenters. The Kier molecular flexibility index (Phi) is 5.24. The molecule has 1 aliphatic heterocycles. The maximum atomic E-state index is 12.2. The quantitative estimate of drug-likeness (QED) is 0.573. The number of carbonyl (C=O) groups is 1. The molecule has 0 aromatic rings. The molecule has 0 N–H and O–H groups in total. The molecule has 0 aromatic carbocycles. The predicted molar refractivity (Wildman–Crippen MR) is 83.3 cm³/mol. The van der Waals surface area contributed by atoms with Crippen LogP contribution in [0.1, 0.15) is 20.3 Å². The Morgan fingerprint density at radius 3 is 2.17 bits per heavy atom. The van der Waals surface area contributed by atoms with E-state index in [1.54, 1.807) is 0 Å². The number of esters is 1. The van der Waals surface area contributed by atoms with E-state index in [0.717, 1.165) is 18.5 Å². The van der Waals surface area contributed by atoms with Crippen molar-refractivity contribution in [2.75, 3.05) is 6.61 Å². The van der Waals surface area contributed by atoms with Gasteiger partial charge in [-0.2, -0.15) is 0 Å². The minimum absolute atomic E-state index is 0.0937. The number of rotatable bonds is 4. The van der Waals surface area contributed by atoms with Gasteiger partial charge < -0.3 is 4.74 Å². The van der Waals surface area contributed by atoms with E-state index in [0.29, 0.717) is 12.5 Å². The summed E-state index contributed by atoms with van der Waals surface area (Å²) < 4.78 is 5.53. The summed E-state index contributed by atoms with van der Waals surface area (Å²) in [5, 5.41) is 0. The van der Waals surface area contributed by atoms with Crippen molar-refractivity contribution < 1.29 is 9.53 Å². The Balaban J connectivity index is 2.57. The molecule has 1 fully saturated rings. The molecule has 1 aliphatic rings. The molecule has 106 valence electrons. The van der Waals surface area contributed by atoms with Crippen LogP contribution in [0.15, 0.2) is 0 Å². The molecular weight excluding hydrogens is 256 g/mol. The topological polar surface area (TPSA) is 26.3 Å². The third-order valence-corrected chi connectivity index (χ3v) is 14.9. The molecule has 0 amide bonds. The molecule has 1 saturated heterocycles. The molecular formula is C14H30O2Si2. The number of carbonyl (C=O) groups excluding carboxylic acids is 1. The van der Waals surface area contributed by atoms with Crippen LogP contribution in [-0.4, -0.2) is 28.7 Å². The fourth-order valence-electron chi connectivity index (χ4n) is 3.47. The van der Waals surface area contributed by atoms with Gasteiger partial charge in [0.1, 0.15) is 0 Å². The Morgan fingerprint density at radius 1 is 1.22 bits per heavy atom. The second kappa shape index (κ2) is 5.91. The van der Waals surface area contributed by atoms with Crippen LogP contribution in [0, 0.1) is 11.8 Å².